The van der Waals surface area contributed by atoms with Crippen LogP contribution in [0.3, 0.4) is 0 Å². The number of aromatic nitrogens is 3. The second-order valence-electron chi connectivity index (χ2n) is 8.16. The van der Waals surface area contributed by atoms with Crippen molar-refractivity contribution >= 4 is 23.2 Å². The predicted octanol–water partition coefficient (Wildman–Crippen LogP) is 2.53. The van der Waals surface area contributed by atoms with Crippen molar-refractivity contribution in [1.82, 2.24) is 24.8 Å². The molecule has 1 saturated heterocycles. The van der Waals surface area contributed by atoms with Crippen LogP contribution in [-0.4, -0.2) is 69.9 Å². The minimum absolute atomic E-state index is 0.0358. The number of ether oxygens (including phenoxy) is 2. The number of methoxy groups -OCH3 is 1. The molecule has 3 aromatic rings. The van der Waals surface area contributed by atoms with Gasteiger partial charge < -0.3 is 19.3 Å². The van der Waals surface area contributed by atoms with Crippen molar-refractivity contribution in [1.29, 1.82) is 0 Å². The summed E-state index contributed by atoms with van der Waals surface area (Å²) in [6.07, 6.45) is -0.164. The van der Waals surface area contributed by atoms with Crippen LogP contribution in [0.2, 0.25) is 0 Å². The van der Waals surface area contributed by atoms with Crippen molar-refractivity contribution in [3.63, 3.8) is 0 Å². The van der Waals surface area contributed by atoms with E-state index in [1.54, 1.807) is 16.7 Å². The van der Waals surface area contributed by atoms with Gasteiger partial charge in [-0.3, -0.25) is 9.59 Å². The van der Waals surface area contributed by atoms with Gasteiger partial charge in [-0.15, -0.1) is 16.4 Å². The minimum Gasteiger partial charge on any atom is -0.497 e. The molecule has 4 heterocycles. The Bertz CT molecular complexity index is 1160. The van der Waals surface area contributed by atoms with Crippen molar-refractivity contribution in [3.8, 4) is 5.75 Å². The number of aryl methyl sites for hydroxylation is 1. The molecular weight excluding hydrogens is 442 g/mol. The molecule has 0 unspecified atom stereocenters. The fourth-order valence-electron chi connectivity index (χ4n) is 4.20. The molecule has 1 atom stereocenters. The highest BCUT2D eigenvalue weighted by molar-refractivity contribution is 7.12. The summed E-state index contributed by atoms with van der Waals surface area (Å²) in [5.74, 6) is 0.659. The lowest BCUT2D eigenvalue weighted by Crippen LogP contribution is -2.50. The Kier molecular flexibility index (Phi) is 5.86. The molecule has 1 fully saturated rings. The minimum atomic E-state index is -0.165. The third-order valence-corrected chi connectivity index (χ3v) is 7.20. The molecule has 0 saturated carbocycles. The van der Waals surface area contributed by atoms with Crippen molar-refractivity contribution in [2.45, 2.75) is 26.2 Å². The Morgan fingerprint density at radius 3 is 2.39 bits per heavy atom. The molecule has 2 amide bonds. The van der Waals surface area contributed by atoms with Crippen molar-refractivity contribution in [2.75, 3.05) is 33.3 Å². The van der Waals surface area contributed by atoms with Gasteiger partial charge in [0.05, 0.1) is 30.8 Å². The number of benzene rings is 1. The first-order valence-corrected chi connectivity index (χ1v) is 11.7. The molecule has 5 rings (SSSR count). The first-order chi connectivity index (χ1) is 16.0. The van der Waals surface area contributed by atoms with Crippen LogP contribution < -0.4 is 4.74 Å². The number of carbonyl (C=O) groups is 2. The monoisotopic (exact) mass is 467 g/mol. The molecular formula is C23H25N5O4S. The maximum absolute atomic E-state index is 13.2. The smallest absolute Gasteiger partial charge is 0.276 e. The molecule has 9 nitrogen and oxygen atoms in total. The number of thiophene rings is 1. The van der Waals surface area contributed by atoms with E-state index in [-0.39, 0.29) is 24.5 Å². The van der Waals surface area contributed by atoms with Gasteiger partial charge in [-0.05, 0) is 41.6 Å². The molecule has 0 aliphatic carbocycles. The van der Waals surface area contributed by atoms with E-state index in [1.807, 2.05) is 47.5 Å². The van der Waals surface area contributed by atoms with E-state index in [4.69, 9.17) is 9.47 Å². The largest absolute Gasteiger partial charge is 0.497 e. The number of rotatable bonds is 4. The van der Waals surface area contributed by atoms with Crippen molar-refractivity contribution in [2.24, 2.45) is 0 Å². The average molecular weight is 468 g/mol. The number of nitrogens with zero attached hydrogens (tertiary/aromatic N) is 5. The van der Waals surface area contributed by atoms with E-state index in [1.165, 1.54) is 11.3 Å². The zero-order chi connectivity index (χ0) is 22.9. The molecule has 10 heteroatoms. The molecule has 2 aromatic heterocycles. The van der Waals surface area contributed by atoms with Gasteiger partial charge in [0.25, 0.3) is 11.8 Å². The third-order valence-electron chi connectivity index (χ3n) is 6.20. The quantitative estimate of drug-likeness (QED) is 0.586. The molecule has 33 heavy (non-hydrogen) atoms. The summed E-state index contributed by atoms with van der Waals surface area (Å²) in [5.41, 5.74) is 3.04. The Hall–Kier alpha value is -3.24. The fraction of sp³-hybridized carbons (Fsp3) is 0.391. The molecule has 172 valence electrons. The van der Waals surface area contributed by atoms with E-state index in [0.717, 1.165) is 21.8 Å². The highest BCUT2D eigenvalue weighted by atomic mass is 32.1. The number of piperazine rings is 1. The van der Waals surface area contributed by atoms with Crippen LogP contribution in [0, 0.1) is 6.92 Å². The van der Waals surface area contributed by atoms with Crippen LogP contribution in [0.15, 0.2) is 35.7 Å². The molecule has 1 aromatic carbocycles. The van der Waals surface area contributed by atoms with Gasteiger partial charge in [-0.2, -0.15) is 0 Å². The highest BCUT2D eigenvalue weighted by Crippen LogP contribution is 2.28. The van der Waals surface area contributed by atoms with E-state index < -0.39 is 0 Å². The molecule has 0 spiro atoms. The van der Waals surface area contributed by atoms with Gasteiger partial charge in [0.15, 0.2) is 5.69 Å². The zero-order valence-electron chi connectivity index (χ0n) is 18.6. The lowest BCUT2D eigenvalue weighted by Gasteiger charge is -2.34. The number of fused-ring (bicyclic) bond motifs is 1. The van der Waals surface area contributed by atoms with Crippen molar-refractivity contribution < 1.29 is 19.1 Å². The molecule has 0 N–H and O–H groups in total. The molecule has 2 aliphatic heterocycles. The standard InChI is InChI=1S/C23H25N5O4S/c1-15-7-12-33-21(15)23(30)27-10-8-26(9-11-27)22(29)20-18-14-32-19(13-28(18)25-24-20)16-3-5-17(31-2)6-4-16/h3-7,12,19H,8-11,13-14H2,1-2H3/t19-/m1/s1. The number of amides is 2. The number of carbonyl (C=O) groups excluding carboxylic acids is 2. The average Bonchev–Trinajstić information content (AvgIpc) is 3.49. The van der Waals surface area contributed by atoms with Gasteiger partial charge in [0, 0.05) is 26.2 Å². The predicted molar refractivity (Wildman–Crippen MR) is 121 cm³/mol. The lowest BCUT2D eigenvalue weighted by molar-refractivity contribution is -0.00204. The van der Waals surface area contributed by atoms with Crippen LogP contribution in [0.1, 0.15) is 43.1 Å². The topological polar surface area (TPSA) is 89.8 Å². The summed E-state index contributed by atoms with van der Waals surface area (Å²) in [7, 11) is 1.63. The third kappa shape index (κ3) is 4.11. The lowest BCUT2D eigenvalue weighted by atomic mass is 10.1. The Balaban J connectivity index is 1.23. The van der Waals surface area contributed by atoms with Crippen LogP contribution in [0.4, 0.5) is 0 Å². The Morgan fingerprint density at radius 1 is 1.06 bits per heavy atom. The van der Waals surface area contributed by atoms with Gasteiger partial charge in [0.1, 0.15) is 11.9 Å². The number of hydrogen-bond donors (Lipinski definition) is 0. The maximum atomic E-state index is 13.2. The molecule has 2 aliphatic rings. The Labute approximate surface area is 195 Å². The van der Waals surface area contributed by atoms with E-state index in [0.29, 0.717) is 44.1 Å². The SMILES string of the molecule is COc1ccc([C@H]2Cn3nnc(C(=O)N4CCN(C(=O)c5sccc5C)CC4)c3CO2)cc1. The summed E-state index contributed by atoms with van der Waals surface area (Å²) in [5, 5.41) is 10.3. The van der Waals surface area contributed by atoms with Crippen LogP contribution in [0.5, 0.6) is 5.75 Å². The first-order valence-electron chi connectivity index (χ1n) is 10.9. The Morgan fingerprint density at radius 2 is 1.76 bits per heavy atom. The van der Waals surface area contributed by atoms with E-state index in [9.17, 15) is 9.59 Å². The summed E-state index contributed by atoms with van der Waals surface area (Å²) >= 11 is 1.46. The van der Waals surface area contributed by atoms with E-state index in [2.05, 4.69) is 10.3 Å². The van der Waals surface area contributed by atoms with E-state index >= 15 is 0 Å². The second kappa shape index (κ2) is 8.95. The second-order valence-corrected chi connectivity index (χ2v) is 9.07. The van der Waals surface area contributed by atoms with Crippen LogP contribution >= 0.6 is 11.3 Å². The summed E-state index contributed by atoms with van der Waals surface area (Å²) in [4.78, 5) is 30.2. The fourth-order valence-corrected chi connectivity index (χ4v) is 5.09. The van der Waals surface area contributed by atoms with Gasteiger partial charge >= 0.3 is 0 Å². The van der Waals surface area contributed by atoms with Crippen LogP contribution in [0.25, 0.3) is 0 Å². The van der Waals surface area contributed by atoms with Gasteiger partial charge in [-0.1, -0.05) is 17.3 Å². The summed E-state index contributed by atoms with van der Waals surface area (Å²) < 4.78 is 13.0. The molecule has 0 radical (unpaired) electrons. The van der Waals surface area contributed by atoms with Crippen molar-refractivity contribution in [3.05, 3.63) is 63.1 Å². The molecule has 0 bridgehead atoms. The van der Waals surface area contributed by atoms with Crippen LogP contribution in [-0.2, 0) is 17.9 Å². The summed E-state index contributed by atoms with van der Waals surface area (Å²) in [6, 6.07) is 9.68. The zero-order valence-corrected chi connectivity index (χ0v) is 19.4. The van der Waals surface area contributed by atoms with Gasteiger partial charge in [-0.25, -0.2) is 4.68 Å². The highest BCUT2D eigenvalue weighted by Gasteiger charge is 2.32. The number of hydrogen-bond acceptors (Lipinski definition) is 7. The summed E-state index contributed by atoms with van der Waals surface area (Å²) in [6.45, 7) is 4.64. The first kappa shape index (κ1) is 21.6. The normalized spacial score (nSPS) is 18.2. The maximum Gasteiger partial charge on any atom is 0.276 e. The van der Waals surface area contributed by atoms with Gasteiger partial charge in [0.2, 0.25) is 0 Å².